The molecule has 2 heterocycles. The zero-order chi connectivity index (χ0) is 24.9. The number of aromatic hydroxyl groups is 1. The number of benzene rings is 3. The van der Waals surface area contributed by atoms with Crippen molar-refractivity contribution >= 4 is 23.0 Å². The van der Waals surface area contributed by atoms with E-state index in [1.54, 1.807) is 41.3 Å². The zero-order valence-corrected chi connectivity index (χ0v) is 19.2. The van der Waals surface area contributed by atoms with Crippen LogP contribution in [0.15, 0.2) is 66.7 Å². The summed E-state index contributed by atoms with van der Waals surface area (Å²) in [5.74, 6) is -1.34. The van der Waals surface area contributed by atoms with Crippen LogP contribution in [0, 0.1) is 5.82 Å². The van der Waals surface area contributed by atoms with Crippen molar-refractivity contribution in [2.75, 3.05) is 20.2 Å². The molecule has 7 nitrogen and oxygen atoms in total. The summed E-state index contributed by atoms with van der Waals surface area (Å²) in [7, 11) is 1.33. The van der Waals surface area contributed by atoms with Gasteiger partial charge < -0.3 is 24.4 Å². The second kappa shape index (κ2) is 8.16. The van der Waals surface area contributed by atoms with Gasteiger partial charge in [0, 0.05) is 40.8 Å². The first-order valence-electron chi connectivity index (χ1n) is 11.0. The van der Waals surface area contributed by atoms with Crippen LogP contribution in [-0.2, 0) is 10.2 Å². The van der Waals surface area contributed by atoms with E-state index in [0.717, 1.165) is 16.8 Å². The van der Waals surface area contributed by atoms with Gasteiger partial charge in [-0.1, -0.05) is 25.1 Å². The minimum atomic E-state index is -1.03. The highest BCUT2D eigenvalue weighted by molar-refractivity contribution is 6.04. The zero-order valence-electron chi connectivity index (χ0n) is 19.2. The Morgan fingerprint density at radius 2 is 1.66 bits per heavy atom. The number of nitrogens with zero attached hydrogens (tertiary/aromatic N) is 2. The molecule has 0 unspecified atom stereocenters. The first-order chi connectivity index (χ1) is 16.7. The van der Waals surface area contributed by atoms with Gasteiger partial charge in [0.05, 0.1) is 18.2 Å². The number of hydrogen-bond acceptors (Lipinski definition) is 4. The van der Waals surface area contributed by atoms with E-state index in [-0.39, 0.29) is 17.1 Å². The van der Waals surface area contributed by atoms with E-state index in [9.17, 15) is 24.2 Å². The highest BCUT2D eigenvalue weighted by atomic mass is 19.1. The number of aromatic carboxylic acids is 1. The van der Waals surface area contributed by atoms with E-state index in [2.05, 4.69) is 0 Å². The maximum absolute atomic E-state index is 13.8. The summed E-state index contributed by atoms with van der Waals surface area (Å²) in [6.07, 6.45) is -0.429. The predicted molar refractivity (Wildman–Crippen MR) is 129 cm³/mol. The molecule has 1 amide bonds. The molecular formula is C27H23FN2O5. The molecule has 2 N–H and O–H groups in total. The van der Waals surface area contributed by atoms with Crippen LogP contribution < -0.4 is 0 Å². The van der Waals surface area contributed by atoms with E-state index in [0.29, 0.717) is 29.7 Å². The summed E-state index contributed by atoms with van der Waals surface area (Å²) in [6.45, 7) is 2.77. The Labute approximate surface area is 200 Å². The van der Waals surface area contributed by atoms with Crippen molar-refractivity contribution in [1.82, 2.24) is 9.47 Å². The number of hydrogen-bond donors (Lipinski definition) is 2. The molecule has 0 aliphatic carbocycles. The lowest BCUT2D eigenvalue weighted by molar-refractivity contribution is 0.0538. The van der Waals surface area contributed by atoms with Gasteiger partial charge >= 0.3 is 12.1 Å². The number of carbonyl (C=O) groups is 2. The van der Waals surface area contributed by atoms with Crippen LogP contribution >= 0.6 is 0 Å². The lowest BCUT2D eigenvalue weighted by atomic mass is 9.76. The smallest absolute Gasteiger partial charge is 0.409 e. The molecule has 0 radical (unpaired) electrons. The third-order valence-electron chi connectivity index (χ3n) is 6.56. The average Bonchev–Trinajstić information content (AvgIpc) is 3.19. The number of ether oxygens (including phenoxy) is 1. The molecule has 0 spiro atoms. The van der Waals surface area contributed by atoms with Crippen molar-refractivity contribution in [3.63, 3.8) is 0 Å². The molecule has 0 bridgehead atoms. The summed E-state index contributed by atoms with van der Waals surface area (Å²) >= 11 is 0. The van der Waals surface area contributed by atoms with Crippen LogP contribution in [0.4, 0.5) is 9.18 Å². The van der Waals surface area contributed by atoms with E-state index >= 15 is 0 Å². The van der Waals surface area contributed by atoms with Crippen molar-refractivity contribution in [1.29, 1.82) is 0 Å². The van der Waals surface area contributed by atoms with E-state index in [1.807, 2.05) is 17.6 Å². The quantitative estimate of drug-likeness (QED) is 0.425. The van der Waals surface area contributed by atoms with E-state index in [1.165, 1.54) is 31.4 Å². The molecule has 0 saturated carbocycles. The lowest BCUT2D eigenvalue weighted by Crippen LogP contribution is -2.60. The van der Waals surface area contributed by atoms with Gasteiger partial charge in [-0.25, -0.2) is 14.0 Å². The number of likely N-dealkylation sites (tertiary alicyclic amines) is 1. The van der Waals surface area contributed by atoms with Crippen LogP contribution in [0.25, 0.3) is 27.7 Å². The SMILES string of the molecule is COC(=O)N1CC(C)(c2c(-c3ccc(C(=O)O)cc3)c3c(O)cccc3n2-c2ccc(F)cc2)C1. The number of halogens is 1. The Morgan fingerprint density at radius 1 is 1.00 bits per heavy atom. The van der Waals surface area contributed by atoms with Crippen LogP contribution in [0.3, 0.4) is 0 Å². The number of phenols is 1. The predicted octanol–water partition coefficient (Wildman–Crippen LogP) is 5.18. The maximum atomic E-state index is 13.8. The van der Waals surface area contributed by atoms with Gasteiger partial charge in [-0.2, -0.15) is 0 Å². The third kappa shape index (κ3) is 3.58. The van der Waals surface area contributed by atoms with Crippen molar-refractivity contribution in [2.45, 2.75) is 12.3 Å². The Balaban J connectivity index is 1.83. The molecule has 1 aliphatic heterocycles. The number of carboxylic acid groups (broad SMARTS) is 1. The van der Waals surface area contributed by atoms with Gasteiger partial charge in [-0.3, -0.25) is 0 Å². The molecule has 35 heavy (non-hydrogen) atoms. The summed E-state index contributed by atoms with van der Waals surface area (Å²) in [5.41, 5.74) is 3.29. The van der Waals surface area contributed by atoms with Crippen LogP contribution in [0.1, 0.15) is 23.0 Å². The molecule has 1 saturated heterocycles. The maximum Gasteiger partial charge on any atom is 0.409 e. The standard InChI is InChI=1S/C27H23FN2O5/c1-27(14-29(15-27)26(34)35-2)24-22(16-6-8-17(9-7-16)25(32)33)23-20(4-3-5-21(23)31)30(24)19-12-10-18(28)11-13-19/h3-13,31H,14-15H2,1-2H3,(H,32,33). The summed E-state index contributed by atoms with van der Waals surface area (Å²) in [5, 5.41) is 20.9. The topological polar surface area (TPSA) is 92.0 Å². The Morgan fingerprint density at radius 3 is 2.26 bits per heavy atom. The first-order valence-corrected chi connectivity index (χ1v) is 11.0. The van der Waals surface area contributed by atoms with Gasteiger partial charge in [-0.05, 0) is 54.1 Å². The molecule has 4 aromatic rings. The van der Waals surface area contributed by atoms with Crippen LogP contribution in [0.5, 0.6) is 5.75 Å². The molecule has 178 valence electrons. The van der Waals surface area contributed by atoms with E-state index in [4.69, 9.17) is 4.74 Å². The number of carbonyl (C=O) groups excluding carboxylic acids is 1. The minimum absolute atomic E-state index is 0.0645. The Hall–Kier alpha value is -4.33. The van der Waals surface area contributed by atoms with Crippen LogP contribution in [0.2, 0.25) is 0 Å². The van der Waals surface area contributed by atoms with Crippen molar-refractivity contribution < 1.29 is 28.9 Å². The fraction of sp³-hybridized carbons (Fsp3) is 0.185. The number of aromatic nitrogens is 1. The van der Waals surface area contributed by atoms with Crippen LogP contribution in [-0.4, -0.2) is 51.9 Å². The molecule has 8 heteroatoms. The lowest BCUT2D eigenvalue weighted by Gasteiger charge is -2.48. The van der Waals surface area contributed by atoms with E-state index < -0.39 is 17.5 Å². The minimum Gasteiger partial charge on any atom is -0.507 e. The highest BCUT2D eigenvalue weighted by Crippen LogP contribution is 2.48. The fourth-order valence-corrected chi connectivity index (χ4v) is 5.02. The largest absolute Gasteiger partial charge is 0.507 e. The van der Waals surface area contributed by atoms with Gasteiger partial charge in [0.2, 0.25) is 0 Å². The van der Waals surface area contributed by atoms with Crippen molar-refractivity contribution in [3.05, 3.63) is 83.8 Å². The molecule has 1 aliphatic rings. The average molecular weight is 474 g/mol. The van der Waals surface area contributed by atoms with Gasteiger partial charge in [0.15, 0.2) is 0 Å². The van der Waals surface area contributed by atoms with Crippen molar-refractivity contribution in [2.24, 2.45) is 0 Å². The summed E-state index contributed by atoms with van der Waals surface area (Å²) < 4.78 is 20.6. The second-order valence-electron chi connectivity index (χ2n) is 8.98. The monoisotopic (exact) mass is 474 g/mol. The summed E-state index contributed by atoms with van der Waals surface area (Å²) in [4.78, 5) is 25.2. The number of amides is 1. The number of phenolic OH excluding ortho intramolecular Hbond substituents is 1. The molecule has 0 atom stereocenters. The highest BCUT2D eigenvalue weighted by Gasteiger charge is 2.47. The Kier molecular flexibility index (Phi) is 5.24. The number of methoxy groups -OCH3 is 1. The molecule has 1 fully saturated rings. The summed E-state index contributed by atoms with van der Waals surface area (Å²) in [6, 6.07) is 17.8. The molecule has 1 aromatic heterocycles. The number of rotatable bonds is 4. The Bertz CT molecular complexity index is 1450. The van der Waals surface area contributed by atoms with Crippen molar-refractivity contribution in [3.8, 4) is 22.6 Å². The van der Waals surface area contributed by atoms with Gasteiger partial charge in [-0.15, -0.1) is 0 Å². The second-order valence-corrected chi connectivity index (χ2v) is 8.98. The fourth-order valence-electron chi connectivity index (χ4n) is 5.02. The number of carboxylic acids is 1. The normalized spacial score (nSPS) is 14.5. The van der Waals surface area contributed by atoms with Gasteiger partial charge in [0.1, 0.15) is 11.6 Å². The number of fused-ring (bicyclic) bond motifs is 1. The molecule has 5 rings (SSSR count). The first kappa shape index (κ1) is 22.5. The van der Waals surface area contributed by atoms with Gasteiger partial charge in [0.25, 0.3) is 0 Å². The third-order valence-corrected chi connectivity index (χ3v) is 6.56. The molecular weight excluding hydrogens is 451 g/mol. The molecule has 3 aromatic carbocycles.